The lowest BCUT2D eigenvalue weighted by Crippen LogP contribution is -2.18. The molecule has 0 aliphatic heterocycles. The minimum atomic E-state index is -1.45. The van der Waals surface area contributed by atoms with Crippen LogP contribution in [0, 0.1) is 17.6 Å². The van der Waals surface area contributed by atoms with Crippen molar-refractivity contribution in [1.82, 2.24) is 0 Å². The molecule has 0 amide bonds. The molecule has 1 aromatic rings. The summed E-state index contributed by atoms with van der Waals surface area (Å²) in [4.78, 5) is 10.5. The number of carboxylic acids is 1. The van der Waals surface area contributed by atoms with Crippen LogP contribution in [0.1, 0.15) is 12.5 Å². The van der Waals surface area contributed by atoms with E-state index in [9.17, 15) is 17.8 Å². The number of carbonyl (C=O) groups is 1. The molecule has 0 aromatic heterocycles. The largest absolute Gasteiger partial charge is 0.481 e. The highest BCUT2D eigenvalue weighted by molar-refractivity contribution is 7.84. The lowest BCUT2D eigenvalue weighted by Gasteiger charge is -2.06. The fraction of sp³-hybridized carbons (Fsp3) is 0.364. The molecule has 0 spiro atoms. The van der Waals surface area contributed by atoms with Crippen LogP contribution >= 0.6 is 0 Å². The molecule has 0 saturated carbocycles. The molecule has 0 heterocycles. The first-order chi connectivity index (χ1) is 7.88. The highest BCUT2D eigenvalue weighted by atomic mass is 32.2. The molecule has 1 N–H and O–H groups in total. The van der Waals surface area contributed by atoms with Crippen molar-refractivity contribution in [1.29, 1.82) is 0 Å². The van der Waals surface area contributed by atoms with Gasteiger partial charge in [-0.1, -0.05) is 6.92 Å². The maximum atomic E-state index is 12.8. The first-order valence-electron chi connectivity index (χ1n) is 4.91. The quantitative estimate of drug-likeness (QED) is 0.882. The third kappa shape index (κ3) is 4.60. The van der Waals surface area contributed by atoms with Crippen LogP contribution in [0.25, 0.3) is 0 Å². The fourth-order valence-electron chi connectivity index (χ4n) is 1.29. The normalized spacial score (nSPS) is 14.3. The van der Waals surface area contributed by atoms with Gasteiger partial charge < -0.3 is 5.11 Å². The molecule has 2 unspecified atom stereocenters. The van der Waals surface area contributed by atoms with E-state index in [1.807, 2.05) is 0 Å². The first-order valence-corrected chi connectivity index (χ1v) is 6.40. The lowest BCUT2D eigenvalue weighted by molar-refractivity contribution is -0.140. The van der Waals surface area contributed by atoms with E-state index >= 15 is 0 Å². The molecule has 2 atom stereocenters. The van der Waals surface area contributed by atoms with Gasteiger partial charge in [-0.05, 0) is 17.7 Å². The fourth-order valence-corrected chi connectivity index (χ4v) is 2.65. The van der Waals surface area contributed by atoms with Crippen LogP contribution in [0.5, 0.6) is 0 Å². The summed E-state index contributed by atoms with van der Waals surface area (Å²) in [5.41, 5.74) is 0.262. The maximum absolute atomic E-state index is 12.8. The second-order valence-corrected chi connectivity index (χ2v) is 5.27. The molecule has 0 radical (unpaired) electrons. The number of aliphatic carboxylic acids is 1. The van der Waals surface area contributed by atoms with E-state index in [1.54, 1.807) is 0 Å². The van der Waals surface area contributed by atoms with Gasteiger partial charge in [0.05, 0.1) is 5.92 Å². The van der Waals surface area contributed by atoms with Crippen molar-refractivity contribution in [3.05, 3.63) is 35.4 Å². The summed E-state index contributed by atoms with van der Waals surface area (Å²) < 4.78 is 37.2. The molecule has 1 aromatic carbocycles. The molecule has 6 heteroatoms. The van der Waals surface area contributed by atoms with Gasteiger partial charge in [0.15, 0.2) is 0 Å². The molecule has 0 saturated heterocycles. The molecule has 3 nitrogen and oxygen atoms in total. The van der Waals surface area contributed by atoms with Crippen molar-refractivity contribution in [3.63, 3.8) is 0 Å². The van der Waals surface area contributed by atoms with Gasteiger partial charge in [-0.25, -0.2) is 8.78 Å². The molecule has 0 aliphatic rings. The summed E-state index contributed by atoms with van der Waals surface area (Å²) in [6.07, 6.45) is 0. The van der Waals surface area contributed by atoms with Gasteiger partial charge in [0.2, 0.25) is 0 Å². The van der Waals surface area contributed by atoms with Gasteiger partial charge in [-0.3, -0.25) is 9.00 Å². The Bertz CT molecular complexity index is 428. The Kier molecular flexibility index (Phi) is 4.74. The minimum absolute atomic E-state index is 0.0343. The van der Waals surface area contributed by atoms with Crippen molar-refractivity contribution in [3.8, 4) is 0 Å². The molecule has 0 fully saturated rings. The van der Waals surface area contributed by atoms with Crippen LogP contribution in [-0.2, 0) is 21.3 Å². The van der Waals surface area contributed by atoms with E-state index in [-0.39, 0.29) is 17.1 Å². The molecular weight excluding hydrogens is 250 g/mol. The summed E-state index contributed by atoms with van der Waals surface area (Å²) in [6.45, 7) is 1.44. The van der Waals surface area contributed by atoms with E-state index < -0.39 is 34.3 Å². The smallest absolute Gasteiger partial charge is 0.307 e. The van der Waals surface area contributed by atoms with Gasteiger partial charge in [0.25, 0.3) is 0 Å². The van der Waals surface area contributed by atoms with Crippen LogP contribution in [0.2, 0.25) is 0 Å². The van der Waals surface area contributed by atoms with Crippen molar-refractivity contribution in [2.45, 2.75) is 12.7 Å². The van der Waals surface area contributed by atoms with Crippen molar-refractivity contribution < 1.29 is 22.9 Å². The van der Waals surface area contributed by atoms with Crippen LogP contribution in [0.3, 0.4) is 0 Å². The lowest BCUT2D eigenvalue weighted by atomic mass is 10.2. The van der Waals surface area contributed by atoms with E-state index in [4.69, 9.17) is 5.11 Å². The van der Waals surface area contributed by atoms with Crippen LogP contribution in [0.4, 0.5) is 8.78 Å². The number of halogens is 2. The summed E-state index contributed by atoms with van der Waals surface area (Å²) in [5.74, 6) is -3.33. The summed E-state index contributed by atoms with van der Waals surface area (Å²) in [5, 5.41) is 8.63. The standard InChI is InChI=1S/C11H12F2O3S/c1-7(11(14)15)5-17(16)6-8-2-9(12)4-10(13)3-8/h2-4,7H,5-6H2,1H3,(H,14,15). The average molecular weight is 262 g/mol. The molecule has 94 valence electrons. The molecule has 1 rings (SSSR count). The Balaban J connectivity index is 2.65. The second kappa shape index (κ2) is 5.86. The van der Waals surface area contributed by atoms with Crippen molar-refractivity contribution in [2.24, 2.45) is 5.92 Å². The van der Waals surface area contributed by atoms with Gasteiger partial charge >= 0.3 is 5.97 Å². The van der Waals surface area contributed by atoms with Crippen LogP contribution in [0.15, 0.2) is 18.2 Å². The van der Waals surface area contributed by atoms with E-state index in [1.165, 1.54) is 6.92 Å². The van der Waals surface area contributed by atoms with Gasteiger partial charge in [0.1, 0.15) is 11.6 Å². The van der Waals surface area contributed by atoms with Gasteiger partial charge in [0, 0.05) is 28.4 Å². The van der Waals surface area contributed by atoms with E-state index in [0.29, 0.717) is 0 Å². The maximum Gasteiger partial charge on any atom is 0.307 e. The minimum Gasteiger partial charge on any atom is -0.481 e. The average Bonchev–Trinajstić information content (AvgIpc) is 2.14. The van der Waals surface area contributed by atoms with Crippen molar-refractivity contribution >= 4 is 16.8 Å². The molecule has 17 heavy (non-hydrogen) atoms. The highest BCUT2D eigenvalue weighted by Gasteiger charge is 2.15. The predicted molar refractivity (Wildman–Crippen MR) is 59.9 cm³/mol. The van der Waals surface area contributed by atoms with Crippen molar-refractivity contribution in [2.75, 3.05) is 5.75 Å². The Hall–Kier alpha value is -1.30. The Morgan fingerprint density at radius 2 is 1.88 bits per heavy atom. The first kappa shape index (κ1) is 13.8. The van der Waals surface area contributed by atoms with E-state index in [0.717, 1.165) is 18.2 Å². The number of carboxylic acid groups (broad SMARTS) is 1. The van der Waals surface area contributed by atoms with Gasteiger partial charge in [-0.15, -0.1) is 0 Å². The zero-order valence-corrected chi connectivity index (χ0v) is 9.97. The zero-order chi connectivity index (χ0) is 13.0. The summed E-state index contributed by atoms with van der Waals surface area (Å²) in [7, 11) is -1.45. The third-order valence-electron chi connectivity index (χ3n) is 2.11. The highest BCUT2D eigenvalue weighted by Crippen LogP contribution is 2.11. The number of rotatable bonds is 5. The summed E-state index contributed by atoms with van der Waals surface area (Å²) in [6, 6.07) is 2.91. The topological polar surface area (TPSA) is 54.4 Å². The monoisotopic (exact) mass is 262 g/mol. The predicted octanol–water partition coefficient (Wildman–Crippen LogP) is 1.93. The SMILES string of the molecule is CC(CS(=O)Cc1cc(F)cc(F)c1)C(=O)O. The zero-order valence-electron chi connectivity index (χ0n) is 9.15. The number of hydrogen-bond acceptors (Lipinski definition) is 2. The Labute approximate surface area is 99.9 Å². The Morgan fingerprint density at radius 3 is 2.35 bits per heavy atom. The van der Waals surface area contributed by atoms with Gasteiger partial charge in [-0.2, -0.15) is 0 Å². The third-order valence-corrected chi connectivity index (χ3v) is 3.63. The Morgan fingerprint density at radius 1 is 1.35 bits per heavy atom. The number of hydrogen-bond donors (Lipinski definition) is 1. The van der Waals surface area contributed by atoms with Crippen LogP contribution in [-0.4, -0.2) is 21.0 Å². The number of benzene rings is 1. The summed E-state index contributed by atoms with van der Waals surface area (Å²) >= 11 is 0. The van der Waals surface area contributed by atoms with Crippen LogP contribution < -0.4 is 0 Å². The molecular formula is C11H12F2O3S. The second-order valence-electron chi connectivity index (χ2n) is 3.77. The molecule has 0 aliphatic carbocycles. The van der Waals surface area contributed by atoms with E-state index in [2.05, 4.69) is 0 Å². The molecule has 0 bridgehead atoms.